The summed E-state index contributed by atoms with van der Waals surface area (Å²) in [6, 6.07) is 0.418. The lowest BCUT2D eigenvalue weighted by Crippen LogP contribution is -2.50. The molecule has 20 heavy (non-hydrogen) atoms. The van der Waals surface area contributed by atoms with Crippen LogP contribution in [0.5, 0.6) is 0 Å². The van der Waals surface area contributed by atoms with Gasteiger partial charge in [0.05, 0.1) is 12.2 Å². The molecule has 3 atom stereocenters. The number of nitrogens with two attached hydrogens (primary N) is 1. The van der Waals surface area contributed by atoms with Gasteiger partial charge in [-0.1, -0.05) is 12.8 Å². The standard InChI is InChI=1S/C15H28N2O2S/c16-17-14(10-20-13-3-1-2-4-13)12-5-7-19-15(9-12)6-8-18-11-15/h12-14,17H,1-11,16H2. The summed E-state index contributed by atoms with van der Waals surface area (Å²) in [4.78, 5) is 0. The van der Waals surface area contributed by atoms with E-state index in [0.717, 1.165) is 50.1 Å². The molecule has 3 rings (SSSR count). The van der Waals surface area contributed by atoms with Crippen molar-refractivity contribution in [3.05, 3.63) is 0 Å². The SMILES string of the molecule is NNC(CSC1CCCC1)C1CCOC2(CCOC2)C1. The molecule has 3 aliphatic rings. The van der Waals surface area contributed by atoms with Crippen LogP contribution in [-0.2, 0) is 9.47 Å². The number of ether oxygens (including phenoxy) is 2. The van der Waals surface area contributed by atoms with Crippen LogP contribution in [0.15, 0.2) is 0 Å². The molecule has 0 radical (unpaired) electrons. The molecule has 0 bridgehead atoms. The van der Waals surface area contributed by atoms with Crippen molar-refractivity contribution in [2.24, 2.45) is 11.8 Å². The summed E-state index contributed by atoms with van der Waals surface area (Å²) in [5, 5.41) is 0.870. The zero-order chi connectivity index (χ0) is 13.8. The van der Waals surface area contributed by atoms with Crippen molar-refractivity contribution in [2.75, 3.05) is 25.6 Å². The average molecular weight is 300 g/mol. The van der Waals surface area contributed by atoms with Crippen LogP contribution >= 0.6 is 11.8 Å². The van der Waals surface area contributed by atoms with Crippen LogP contribution < -0.4 is 11.3 Å². The second-order valence-electron chi connectivity index (χ2n) is 6.60. The number of nitrogens with one attached hydrogen (secondary N) is 1. The Morgan fingerprint density at radius 2 is 2.10 bits per heavy atom. The molecule has 0 aromatic rings. The van der Waals surface area contributed by atoms with Gasteiger partial charge in [-0.05, 0) is 31.6 Å². The van der Waals surface area contributed by atoms with Crippen LogP contribution in [0.2, 0.25) is 0 Å². The first kappa shape index (κ1) is 15.1. The monoisotopic (exact) mass is 300 g/mol. The lowest BCUT2D eigenvalue weighted by Gasteiger charge is -2.40. The first-order valence-electron chi connectivity index (χ1n) is 8.11. The third-order valence-corrected chi connectivity index (χ3v) is 6.69. The predicted octanol–water partition coefficient (Wildman–Crippen LogP) is 2.08. The third-order valence-electron chi connectivity index (χ3n) is 5.20. The number of thioether (sulfide) groups is 1. The fourth-order valence-corrected chi connectivity index (χ4v) is 5.40. The minimum Gasteiger partial charge on any atom is -0.378 e. The van der Waals surface area contributed by atoms with Crippen molar-refractivity contribution < 1.29 is 9.47 Å². The first-order chi connectivity index (χ1) is 9.81. The zero-order valence-corrected chi connectivity index (χ0v) is 13.1. The average Bonchev–Trinajstić information content (AvgIpc) is 3.12. The number of rotatable bonds is 5. The Hall–Kier alpha value is 0.190. The number of hydrogen-bond donors (Lipinski definition) is 2. The molecule has 5 heteroatoms. The Morgan fingerprint density at radius 3 is 2.80 bits per heavy atom. The van der Waals surface area contributed by atoms with E-state index in [1.807, 2.05) is 0 Å². The number of hydrogen-bond acceptors (Lipinski definition) is 5. The summed E-state index contributed by atoms with van der Waals surface area (Å²) in [7, 11) is 0. The smallest absolute Gasteiger partial charge is 0.0939 e. The summed E-state index contributed by atoms with van der Waals surface area (Å²) in [5.41, 5.74) is 3.08. The molecular formula is C15H28N2O2S. The van der Waals surface area contributed by atoms with Crippen LogP contribution in [0.1, 0.15) is 44.9 Å². The Bertz CT molecular complexity index is 304. The molecule has 1 saturated carbocycles. The van der Waals surface area contributed by atoms with Gasteiger partial charge >= 0.3 is 0 Å². The first-order valence-corrected chi connectivity index (χ1v) is 9.16. The molecule has 1 spiro atoms. The topological polar surface area (TPSA) is 56.5 Å². The van der Waals surface area contributed by atoms with Crippen molar-refractivity contribution in [2.45, 2.75) is 61.8 Å². The predicted molar refractivity (Wildman–Crippen MR) is 82.7 cm³/mol. The summed E-state index contributed by atoms with van der Waals surface area (Å²) < 4.78 is 11.6. The van der Waals surface area contributed by atoms with Crippen LogP contribution in [0.25, 0.3) is 0 Å². The molecule has 3 unspecified atom stereocenters. The Labute approximate surface area is 126 Å². The van der Waals surface area contributed by atoms with Gasteiger partial charge in [-0.3, -0.25) is 11.3 Å². The molecule has 0 amide bonds. The highest BCUT2D eigenvalue weighted by molar-refractivity contribution is 7.99. The van der Waals surface area contributed by atoms with E-state index in [4.69, 9.17) is 15.3 Å². The maximum Gasteiger partial charge on any atom is 0.0939 e. The Balaban J connectivity index is 1.51. The summed E-state index contributed by atoms with van der Waals surface area (Å²) in [6.07, 6.45) is 8.90. The molecule has 2 aliphatic heterocycles. The van der Waals surface area contributed by atoms with E-state index in [0.29, 0.717) is 12.0 Å². The van der Waals surface area contributed by atoms with Gasteiger partial charge in [0.1, 0.15) is 0 Å². The molecule has 4 nitrogen and oxygen atoms in total. The van der Waals surface area contributed by atoms with Crippen LogP contribution in [-0.4, -0.2) is 42.5 Å². The van der Waals surface area contributed by atoms with Crippen LogP contribution in [0.3, 0.4) is 0 Å². The van der Waals surface area contributed by atoms with Gasteiger partial charge in [0.25, 0.3) is 0 Å². The van der Waals surface area contributed by atoms with Crippen LogP contribution in [0, 0.1) is 5.92 Å². The quantitative estimate of drug-likeness (QED) is 0.601. The van der Waals surface area contributed by atoms with Crippen LogP contribution in [0.4, 0.5) is 0 Å². The van der Waals surface area contributed by atoms with E-state index in [9.17, 15) is 0 Å². The van der Waals surface area contributed by atoms with E-state index in [2.05, 4.69) is 17.2 Å². The second-order valence-corrected chi connectivity index (χ2v) is 7.93. The molecule has 3 N–H and O–H groups in total. The lowest BCUT2D eigenvalue weighted by atomic mass is 9.82. The van der Waals surface area contributed by atoms with E-state index >= 15 is 0 Å². The highest BCUT2D eigenvalue weighted by Gasteiger charge is 2.42. The molecule has 2 saturated heterocycles. The molecule has 116 valence electrons. The fourth-order valence-electron chi connectivity index (χ4n) is 3.89. The minimum atomic E-state index is -0.00393. The molecule has 1 aliphatic carbocycles. The maximum absolute atomic E-state index is 6.03. The van der Waals surface area contributed by atoms with E-state index in [-0.39, 0.29) is 5.60 Å². The molecule has 2 heterocycles. The van der Waals surface area contributed by atoms with E-state index < -0.39 is 0 Å². The highest BCUT2D eigenvalue weighted by Crippen LogP contribution is 2.38. The molecular weight excluding hydrogens is 272 g/mol. The fraction of sp³-hybridized carbons (Fsp3) is 1.00. The molecule has 0 aromatic heterocycles. The van der Waals surface area contributed by atoms with Crippen molar-refractivity contribution in [3.8, 4) is 0 Å². The zero-order valence-electron chi connectivity index (χ0n) is 12.3. The normalized spacial score (nSPS) is 36.8. The largest absolute Gasteiger partial charge is 0.378 e. The van der Waals surface area contributed by atoms with Gasteiger partial charge in [0.2, 0.25) is 0 Å². The van der Waals surface area contributed by atoms with E-state index in [1.54, 1.807) is 0 Å². The van der Waals surface area contributed by atoms with Gasteiger partial charge < -0.3 is 9.47 Å². The van der Waals surface area contributed by atoms with Crippen molar-refractivity contribution in [1.82, 2.24) is 5.43 Å². The minimum absolute atomic E-state index is 0.00393. The van der Waals surface area contributed by atoms with Gasteiger partial charge in [-0.15, -0.1) is 0 Å². The lowest BCUT2D eigenvalue weighted by molar-refractivity contribution is -0.102. The van der Waals surface area contributed by atoms with Gasteiger partial charge in [0, 0.05) is 36.7 Å². The van der Waals surface area contributed by atoms with Gasteiger partial charge in [0.15, 0.2) is 0 Å². The highest BCUT2D eigenvalue weighted by atomic mass is 32.2. The second kappa shape index (κ2) is 6.97. The van der Waals surface area contributed by atoms with Gasteiger partial charge in [-0.2, -0.15) is 11.8 Å². The summed E-state index contributed by atoms with van der Waals surface area (Å²) in [6.45, 7) is 2.49. The summed E-state index contributed by atoms with van der Waals surface area (Å²) >= 11 is 2.13. The van der Waals surface area contributed by atoms with Crippen molar-refractivity contribution >= 4 is 11.8 Å². The Morgan fingerprint density at radius 1 is 1.25 bits per heavy atom. The maximum atomic E-state index is 6.03. The number of hydrazine groups is 1. The van der Waals surface area contributed by atoms with Crippen molar-refractivity contribution in [1.29, 1.82) is 0 Å². The summed E-state index contributed by atoms with van der Waals surface area (Å²) in [5.74, 6) is 7.61. The third kappa shape index (κ3) is 3.50. The van der Waals surface area contributed by atoms with Crippen molar-refractivity contribution in [3.63, 3.8) is 0 Å². The van der Waals surface area contributed by atoms with Gasteiger partial charge in [-0.25, -0.2) is 0 Å². The molecule has 3 fully saturated rings. The van der Waals surface area contributed by atoms with E-state index in [1.165, 1.54) is 25.7 Å². The Kier molecular flexibility index (Phi) is 5.26. The molecule has 0 aromatic carbocycles.